The van der Waals surface area contributed by atoms with Crippen LogP contribution in [0.5, 0.6) is 0 Å². The fourth-order valence-corrected chi connectivity index (χ4v) is 4.43. The summed E-state index contributed by atoms with van der Waals surface area (Å²) < 4.78 is 13.8. The number of nitrogens with zero attached hydrogens (tertiary/aromatic N) is 2. The van der Waals surface area contributed by atoms with Crippen molar-refractivity contribution in [3.63, 3.8) is 0 Å². The van der Waals surface area contributed by atoms with Crippen molar-refractivity contribution in [3.05, 3.63) is 59.9 Å². The van der Waals surface area contributed by atoms with Crippen LogP contribution in [0.1, 0.15) is 31.7 Å². The first-order valence-corrected chi connectivity index (χ1v) is 10.6. The number of anilines is 1. The molecule has 2 aliphatic rings. The lowest BCUT2D eigenvalue weighted by Crippen LogP contribution is -2.35. The average molecular weight is 412 g/mol. The van der Waals surface area contributed by atoms with Gasteiger partial charge in [0.1, 0.15) is 11.1 Å². The third-order valence-electron chi connectivity index (χ3n) is 4.97. The highest BCUT2D eigenvalue weighted by molar-refractivity contribution is 8.15. The summed E-state index contributed by atoms with van der Waals surface area (Å²) in [5.74, 6) is -0.973. The summed E-state index contributed by atoms with van der Waals surface area (Å²) >= 11 is 1.31. The number of amidine groups is 1. The number of carbonyl (C=O) groups is 2. The van der Waals surface area contributed by atoms with E-state index in [0.29, 0.717) is 5.17 Å². The Morgan fingerprint density at radius 1 is 1.21 bits per heavy atom. The van der Waals surface area contributed by atoms with Gasteiger partial charge in [-0.2, -0.15) is 0 Å². The molecule has 0 spiro atoms. The second-order valence-electron chi connectivity index (χ2n) is 7.19. The maximum atomic E-state index is 13.8. The van der Waals surface area contributed by atoms with Crippen LogP contribution in [-0.2, 0) is 16.0 Å². The van der Waals surface area contributed by atoms with E-state index in [-0.39, 0.29) is 30.0 Å². The Morgan fingerprint density at radius 2 is 1.93 bits per heavy atom. The number of nitrogens with one attached hydrogen (secondary N) is 1. The Bertz CT molecular complexity index is 957. The molecule has 0 unspecified atom stereocenters. The van der Waals surface area contributed by atoms with Crippen LogP contribution in [0.15, 0.2) is 53.5 Å². The number of para-hydroxylation sites is 1. The number of benzene rings is 2. The number of aryl methyl sites for hydroxylation is 1. The molecule has 1 saturated carbocycles. The van der Waals surface area contributed by atoms with Crippen molar-refractivity contribution >= 4 is 40.1 Å². The minimum Gasteiger partial charge on any atom is -0.324 e. The molecule has 5 nitrogen and oxygen atoms in total. The molecule has 0 aromatic heterocycles. The zero-order chi connectivity index (χ0) is 20.4. The summed E-state index contributed by atoms with van der Waals surface area (Å²) in [5, 5.41) is 2.66. The topological polar surface area (TPSA) is 61.8 Å². The van der Waals surface area contributed by atoms with Gasteiger partial charge < -0.3 is 5.32 Å². The van der Waals surface area contributed by atoms with Gasteiger partial charge in [0.05, 0.1) is 11.4 Å². The summed E-state index contributed by atoms with van der Waals surface area (Å²) in [6.45, 7) is 2.10. The van der Waals surface area contributed by atoms with Gasteiger partial charge >= 0.3 is 0 Å². The Kier molecular flexibility index (Phi) is 5.67. The van der Waals surface area contributed by atoms with Gasteiger partial charge in [-0.25, -0.2) is 9.38 Å². The van der Waals surface area contributed by atoms with Gasteiger partial charge in [0.15, 0.2) is 5.17 Å². The number of carbonyl (C=O) groups excluding carboxylic acids is 2. The lowest BCUT2D eigenvalue weighted by Gasteiger charge is -2.15. The zero-order valence-electron chi connectivity index (χ0n) is 16.1. The molecule has 150 valence electrons. The van der Waals surface area contributed by atoms with Crippen molar-refractivity contribution in [3.8, 4) is 0 Å². The SMILES string of the molecule is CCc1ccc(N=C2S[C@@H](CC(=O)Nc3ccccc3F)C(=O)N2C2CC2)cc1. The molecule has 2 fully saturated rings. The molecule has 0 radical (unpaired) electrons. The molecule has 1 atom stereocenters. The quantitative estimate of drug-likeness (QED) is 0.761. The van der Waals surface area contributed by atoms with Crippen LogP contribution in [0.3, 0.4) is 0 Å². The maximum Gasteiger partial charge on any atom is 0.242 e. The maximum absolute atomic E-state index is 13.8. The highest BCUT2D eigenvalue weighted by atomic mass is 32.2. The molecule has 1 heterocycles. The normalized spacial score (nSPS) is 20.3. The predicted molar refractivity (Wildman–Crippen MR) is 114 cm³/mol. The van der Waals surface area contributed by atoms with Crippen LogP contribution in [0.25, 0.3) is 0 Å². The second kappa shape index (κ2) is 8.37. The first-order chi connectivity index (χ1) is 14.0. The molecule has 2 amide bonds. The smallest absolute Gasteiger partial charge is 0.242 e. The van der Waals surface area contributed by atoms with E-state index in [2.05, 4.69) is 17.2 Å². The van der Waals surface area contributed by atoms with E-state index in [4.69, 9.17) is 0 Å². The number of hydrogen-bond acceptors (Lipinski definition) is 4. The van der Waals surface area contributed by atoms with Crippen LogP contribution >= 0.6 is 11.8 Å². The number of aliphatic imine (C=N–C) groups is 1. The van der Waals surface area contributed by atoms with E-state index >= 15 is 0 Å². The molecule has 29 heavy (non-hydrogen) atoms. The predicted octanol–water partition coefficient (Wildman–Crippen LogP) is 4.51. The van der Waals surface area contributed by atoms with Gasteiger partial charge in [-0.05, 0) is 49.1 Å². The fraction of sp³-hybridized carbons (Fsp3) is 0.318. The molecule has 1 aliphatic carbocycles. The van der Waals surface area contributed by atoms with Crippen molar-refractivity contribution in [2.75, 3.05) is 5.32 Å². The van der Waals surface area contributed by atoms with E-state index in [1.807, 2.05) is 24.3 Å². The average Bonchev–Trinajstić information content (AvgIpc) is 3.50. The van der Waals surface area contributed by atoms with Gasteiger partial charge in [-0.3, -0.25) is 14.5 Å². The summed E-state index contributed by atoms with van der Waals surface area (Å²) in [6, 6.07) is 14.1. The van der Waals surface area contributed by atoms with Crippen molar-refractivity contribution in [2.45, 2.75) is 43.9 Å². The number of hydrogen-bond donors (Lipinski definition) is 1. The highest BCUT2D eigenvalue weighted by Crippen LogP contribution is 2.39. The Labute approximate surface area is 173 Å². The Hall–Kier alpha value is -2.67. The molecule has 1 saturated heterocycles. The van der Waals surface area contributed by atoms with Crippen LogP contribution < -0.4 is 5.32 Å². The monoisotopic (exact) mass is 411 g/mol. The second-order valence-corrected chi connectivity index (χ2v) is 8.36. The van der Waals surface area contributed by atoms with Gasteiger partial charge in [-0.1, -0.05) is 43.0 Å². The number of thioether (sulfide) groups is 1. The molecular formula is C22H22FN3O2S. The number of amides is 2. The third-order valence-corrected chi connectivity index (χ3v) is 6.12. The first-order valence-electron chi connectivity index (χ1n) is 9.77. The summed E-state index contributed by atoms with van der Waals surface area (Å²) in [7, 11) is 0. The summed E-state index contributed by atoms with van der Waals surface area (Å²) in [6.07, 6.45) is 2.84. The lowest BCUT2D eigenvalue weighted by molar-refractivity contribution is -0.128. The minimum absolute atomic E-state index is 0.0190. The fourth-order valence-electron chi connectivity index (χ4n) is 3.21. The van der Waals surface area contributed by atoms with Crippen molar-refractivity contribution in [1.29, 1.82) is 0 Å². The summed E-state index contributed by atoms with van der Waals surface area (Å²) in [5.41, 5.74) is 2.14. The minimum atomic E-state index is -0.545. The Morgan fingerprint density at radius 3 is 2.59 bits per heavy atom. The third kappa shape index (κ3) is 4.50. The molecule has 1 aliphatic heterocycles. The Balaban J connectivity index is 1.48. The number of halogens is 1. The van der Waals surface area contributed by atoms with Crippen LogP contribution in [0.4, 0.5) is 15.8 Å². The van der Waals surface area contributed by atoms with E-state index in [1.54, 1.807) is 17.0 Å². The van der Waals surface area contributed by atoms with Gasteiger partial charge in [0.25, 0.3) is 0 Å². The van der Waals surface area contributed by atoms with Crippen molar-refractivity contribution in [1.82, 2.24) is 4.90 Å². The zero-order valence-corrected chi connectivity index (χ0v) is 16.9. The van der Waals surface area contributed by atoms with Gasteiger partial charge in [0, 0.05) is 12.5 Å². The molecule has 2 aromatic rings. The molecular weight excluding hydrogens is 389 g/mol. The van der Waals surface area contributed by atoms with Gasteiger partial charge in [0.2, 0.25) is 11.8 Å². The van der Waals surface area contributed by atoms with Crippen LogP contribution in [0.2, 0.25) is 0 Å². The summed E-state index contributed by atoms with van der Waals surface area (Å²) in [4.78, 5) is 31.7. The molecule has 2 aromatic carbocycles. The van der Waals surface area contributed by atoms with E-state index in [1.165, 1.54) is 29.5 Å². The van der Waals surface area contributed by atoms with E-state index in [0.717, 1.165) is 24.9 Å². The molecule has 7 heteroatoms. The van der Waals surface area contributed by atoms with E-state index < -0.39 is 11.1 Å². The van der Waals surface area contributed by atoms with Crippen molar-refractivity contribution in [2.24, 2.45) is 4.99 Å². The standard InChI is InChI=1S/C22H22FN3O2S/c1-2-14-7-9-15(10-8-14)24-22-26(16-11-12-16)21(28)19(29-22)13-20(27)25-18-6-4-3-5-17(18)23/h3-10,16,19H,2,11-13H2,1H3,(H,25,27)/t19-/m0/s1. The highest BCUT2D eigenvalue weighted by Gasteiger charge is 2.46. The molecule has 4 rings (SSSR count). The van der Waals surface area contributed by atoms with Gasteiger partial charge in [-0.15, -0.1) is 0 Å². The molecule has 1 N–H and O–H groups in total. The number of rotatable bonds is 6. The first kappa shape index (κ1) is 19.6. The van der Waals surface area contributed by atoms with Crippen LogP contribution in [-0.4, -0.2) is 33.2 Å². The van der Waals surface area contributed by atoms with Crippen molar-refractivity contribution < 1.29 is 14.0 Å². The lowest BCUT2D eigenvalue weighted by atomic mass is 10.2. The largest absolute Gasteiger partial charge is 0.324 e. The molecule has 0 bridgehead atoms. The van der Waals surface area contributed by atoms with E-state index in [9.17, 15) is 14.0 Å². The van der Waals surface area contributed by atoms with Crippen LogP contribution in [0, 0.1) is 5.82 Å².